The summed E-state index contributed by atoms with van der Waals surface area (Å²) in [6, 6.07) is 7.02. The maximum absolute atomic E-state index is 13.4. The standard InChI is InChI=1S/C18H10F4N4OS/c19-9-4-5-10(12(8-9)18(20,21)22)15-24-13-3-1-2-11(14(13)25-15)16(27)26-17-23-6-7-28-17/h1-8H,(H,24,25)(H,23,26,27). The van der Waals surface area contributed by atoms with Crippen LogP contribution >= 0.6 is 11.3 Å². The lowest BCUT2D eigenvalue weighted by Crippen LogP contribution is -2.12. The number of hydrogen-bond acceptors (Lipinski definition) is 4. The molecule has 0 fully saturated rings. The van der Waals surface area contributed by atoms with Gasteiger partial charge in [-0.25, -0.2) is 14.4 Å². The number of halogens is 4. The molecule has 0 radical (unpaired) electrons. The number of aromatic nitrogens is 3. The molecule has 0 unspecified atom stereocenters. The SMILES string of the molecule is O=C(Nc1nccs1)c1cccc2[nH]c(-c3ccc(F)cc3C(F)(F)F)nc12. The van der Waals surface area contributed by atoms with Crippen LogP contribution in [0.2, 0.25) is 0 Å². The van der Waals surface area contributed by atoms with Crippen molar-refractivity contribution >= 4 is 33.4 Å². The van der Waals surface area contributed by atoms with E-state index in [4.69, 9.17) is 0 Å². The number of para-hydroxylation sites is 1. The lowest BCUT2D eigenvalue weighted by atomic mass is 10.1. The minimum Gasteiger partial charge on any atom is -0.338 e. The molecule has 1 amide bonds. The second kappa shape index (κ2) is 6.71. The molecule has 0 spiro atoms. The van der Waals surface area contributed by atoms with Crippen molar-refractivity contribution in [2.75, 3.05) is 5.32 Å². The van der Waals surface area contributed by atoms with Crippen LogP contribution in [0.25, 0.3) is 22.4 Å². The number of hydrogen-bond donors (Lipinski definition) is 2. The van der Waals surface area contributed by atoms with Gasteiger partial charge in [-0.3, -0.25) is 10.1 Å². The topological polar surface area (TPSA) is 70.7 Å². The van der Waals surface area contributed by atoms with E-state index in [1.165, 1.54) is 23.6 Å². The van der Waals surface area contributed by atoms with E-state index in [-0.39, 0.29) is 22.5 Å². The van der Waals surface area contributed by atoms with Gasteiger partial charge in [-0.05, 0) is 30.3 Å². The zero-order valence-electron chi connectivity index (χ0n) is 13.8. The number of aromatic amines is 1. The third-order valence-corrected chi connectivity index (χ3v) is 4.64. The van der Waals surface area contributed by atoms with E-state index in [1.54, 1.807) is 17.5 Å². The van der Waals surface area contributed by atoms with E-state index >= 15 is 0 Å². The molecule has 0 aliphatic rings. The Morgan fingerprint density at radius 1 is 1.18 bits per heavy atom. The summed E-state index contributed by atoms with van der Waals surface area (Å²) in [5.41, 5.74) is -0.717. The van der Waals surface area contributed by atoms with Gasteiger partial charge in [-0.1, -0.05) is 6.07 Å². The van der Waals surface area contributed by atoms with Gasteiger partial charge in [0.15, 0.2) is 5.13 Å². The molecule has 10 heteroatoms. The molecule has 0 saturated heterocycles. The van der Waals surface area contributed by atoms with Crippen molar-refractivity contribution in [3.8, 4) is 11.4 Å². The summed E-state index contributed by atoms with van der Waals surface area (Å²) >= 11 is 1.23. The fourth-order valence-corrected chi connectivity index (χ4v) is 3.27. The zero-order valence-corrected chi connectivity index (χ0v) is 14.7. The second-order valence-corrected chi connectivity index (χ2v) is 6.66. The Balaban J connectivity index is 1.81. The molecule has 2 N–H and O–H groups in total. The number of rotatable bonds is 3. The zero-order chi connectivity index (χ0) is 19.9. The first-order chi connectivity index (χ1) is 13.3. The number of nitrogens with zero attached hydrogens (tertiary/aromatic N) is 2. The predicted molar refractivity (Wildman–Crippen MR) is 96.6 cm³/mol. The molecule has 0 aliphatic heterocycles. The number of alkyl halides is 3. The van der Waals surface area contributed by atoms with Crippen LogP contribution in [0, 0.1) is 5.82 Å². The van der Waals surface area contributed by atoms with Crippen LogP contribution in [-0.4, -0.2) is 20.9 Å². The molecular weight excluding hydrogens is 396 g/mol. The first-order valence-corrected chi connectivity index (χ1v) is 8.77. The van der Waals surface area contributed by atoms with Gasteiger partial charge in [0.05, 0.1) is 16.6 Å². The average molecular weight is 406 g/mol. The largest absolute Gasteiger partial charge is 0.417 e. The average Bonchev–Trinajstić information content (AvgIpc) is 3.29. The molecule has 5 nitrogen and oxygen atoms in total. The maximum atomic E-state index is 13.4. The lowest BCUT2D eigenvalue weighted by Gasteiger charge is -2.11. The third-order valence-electron chi connectivity index (χ3n) is 3.95. The Kier molecular flexibility index (Phi) is 4.34. The highest BCUT2D eigenvalue weighted by Gasteiger charge is 2.35. The monoisotopic (exact) mass is 406 g/mol. The minimum atomic E-state index is -4.76. The summed E-state index contributed by atoms with van der Waals surface area (Å²) in [6.07, 6.45) is -3.23. The smallest absolute Gasteiger partial charge is 0.338 e. The fraction of sp³-hybridized carbons (Fsp3) is 0.0556. The number of imidazole rings is 1. The van der Waals surface area contributed by atoms with Crippen LogP contribution in [0.3, 0.4) is 0 Å². The number of nitrogens with one attached hydrogen (secondary N) is 2. The van der Waals surface area contributed by atoms with Gasteiger partial charge in [0.2, 0.25) is 0 Å². The lowest BCUT2D eigenvalue weighted by molar-refractivity contribution is -0.137. The molecule has 0 atom stereocenters. The van der Waals surface area contributed by atoms with Crippen molar-refractivity contribution in [3.05, 3.63) is 64.9 Å². The van der Waals surface area contributed by atoms with Crippen LogP contribution in [-0.2, 0) is 6.18 Å². The summed E-state index contributed by atoms with van der Waals surface area (Å²) in [4.78, 5) is 23.4. The summed E-state index contributed by atoms with van der Waals surface area (Å²) in [7, 11) is 0. The number of H-pyrrole nitrogens is 1. The number of benzene rings is 2. The summed E-state index contributed by atoms with van der Waals surface area (Å²) in [6.45, 7) is 0. The highest BCUT2D eigenvalue weighted by Crippen LogP contribution is 2.37. The first-order valence-electron chi connectivity index (χ1n) is 7.89. The highest BCUT2D eigenvalue weighted by atomic mass is 32.1. The van der Waals surface area contributed by atoms with Gasteiger partial charge >= 0.3 is 6.18 Å². The maximum Gasteiger partial charge on any atom is 0.417 e. The van der Waals surface area contributed by atoms with Crippen molar-refractivity contribution < 1.29 is 22.4 Å². The molecule has 2 aromatic heterocycles. The van der Waals surface area contributed by atoms with Crippen molar-refractivity contribution in [1.29, 1.82) is 0 Å². The fourth-order valence-electron chi connectivity index (χ4n) is 2.75. The Labute approximate surface area is 159 Å². The third kappa shape index (κ3) is 3.33. The van der Waals surface area contributed by atoms with Crippen molar-refractivity contribution in [2.24, 2.45) is 0 Å². The molecule has 0 aliphatic carbocycles. The molecular formula is C18H10F4N4OS. The second-order valence-electron chi connectivity index (χ2n) is 5.77. The van der Waals surface area contributed by atoms with Gasteiger partial charge in [-0.15, -0.1) is 11.3 Å². The molecule has 142 valence electrons. The van der Waals surface area contributed by atoms with E-state index in [9.17, 15) is 22.4 Å². The van der Waals surface area contributed by atoms with Crippen molar-refractivity contribution in [3.63, 3.8) is 0 Å². The molecule has 28 heavy (non-hydrogen) atoms. The van der Waals surface area contributed by atoms with E-state index in [0.29, 0.717) is 16.7 Å². The van der Waals surface area contributed by atoms with Gasteiger partial charge in [0.25, 0.3) is 5.91 Å². The predicted octanol–water partition coefficient (Wildman–Crippen LogP) is 5.10. The van der Waals surface area contributed by atoms with E-state index in [2.05, 4.69) is 20.3 Å². The Morgan fingerprint density at radius 3 is 2.71 bits per heavy atom. The van der Waals surface area contributed by atoms with E-state index in [1.807, 2.05) is 0 Å². The Bertz CT molecular complexity index is 1170. The Hall–Kier alpha value is -3.27. The molecule has 2 aromatic carbocycles. The van der Waals surface area contributed by atoms with Crippen LogP contribution in [0.15, 0.2) is 48.0 Å². The van der Waals surface area contributed by atoms with Gasteiger partial charge < -0.3 is 4.98 Å². The van der Waals surface area contributed by atoms with Crippen LogP contribution < -0.4 is 5.32 Å². The van der Waals surface area contributed by atoms with E-state index < -0.39 is 23.5 Å². The van der Waals surface area contributed by atoms with Crippen LogP contribution in [0.1, 0.15) is 15.9 Å². The normalized spacial score (nSPS) is 11.7. The Morgan fingerprint density at radius 2 is 2.00 bits per heavy atom. The number of anilines is 1. The highest BCUT2D eigenvalue weighted by molar-refractivity contribution is 7.13. The van der Waals surface area contributed by atoms with Gasteiger partial charge in [0, 0.05) is 17.1 Å². The molecule has 2 heterocycles. The van der Waals surface area contributed by atoms with Crippen LogP contribution in [0.4, 0.5) is 22.7 Å². The van der Waals surface area contributed by atoms with Crippen molar-refractivity contribution in [1.82, 2.24) is 15.0 Å². The van der Waals surface area contributed by atoms with Gasteiger partial charge in [0.1, 0.15) is 17.2 Å². The summed E-state index contributed by atoms with van der Waals surface area (Å²) in [5, 5.41) is 4.68. The van der Waals surface area contributed by atoms with Gasteiger partial charge in [-0.2, -0.15) is 13.2 Å². The molecule has 4 aromatic rings. The van der Waals surface area contributed by atoms with E-state index in [0.717, 1.165) is 12.1 Å². The molecule has 0 bridgehead atoms. The molecule has 4 rings (SSSR count). The summed E-state index contributed by atoms with van der Waals surface area (Å²) < 4.78 is 53.3. The first kappa shape index (κ1) is 18.1. The molecule has 0 saturated carbocycles. The number of amides is 1. The number of carbonyl (C=O) groups excluding carboxylic acids is 1. The van der Waals surface area contributed by atoms with Crippen molar-refractivity contribution in [2.45, 2.75) is 6.18 Å². The summed E-state index contributed by atoms with van der Waals surface area (Å²) in [5.74, 6) is -1.61. The van der Waals surface area contributed by atoms with Crippen LogP contribution in [0.5, 0.6) is 0 Å². The number of carbonyl (C=O) groups is 1. The number of thiazole rings is 1. The number of fused-ring (bicyclic) bond motifs is 1. The minimum absolute atomic E-state index is 0.114. The quantitative estimate of drug-likeness (QED) is 0.465.